The summed E-state index contributed by atoms with van der Waals surface area (Å²) in [6, 6.07) is 0.399. The van der Waals surface area contributed by atoms with Crippen molar-refractivity contribution in [3.63, 3.8) is 0 Å². The van der Waals surface area contributed by atoms with Gasteiger partial charge in [0.25, 0.3) is 0 Å². The van der Waals surface area contributed by atoms with Crippen LogP contribution in [0.1, 0.15) is 19.8 Å². The van der Waals surface area contributed by atoms with E-state index >= 15 is 0 Å². The van der Waals surface area contributed by atoms with Crippen molar-refractivity contribution in [3.05, 3.63) is 0 Å². The molecule has 2 fully saturated rings. The number of anilines is 1. The predicted octanol–water partition coefficient (Wildman–Crippen LogP) is 1.20. The van der Waals surface area contributed by atoms with Gasteiger partial charge in [0.2, 0.25) is 11.6 Å². The number of hydrogen-bond acceptors (Lipinski definition) is 9. The molecule has 1 atom stereocenters. The van der Waals surface area contributed by atoms with E-state index in [0.717, 1.165) is 63.8 Å². The number of amidine groups is 1. The van der Waals surface area contributed by atoms with Crippen molar-refractivity contribution in [1.82, 2.24) is 30.6 Å². The fourth-order valence-corrected chi connectivity index (χ4v) is 3.82. The van der Waals surface area contributed by atoms with E-state index in [0.29, 0.717) is 22.8 Å². The molecular formula is C19H34N8OS. The summed E-state index contributed by atoms with van der Waals surface area (Å²) in [5.41, 5.74) is 6.43. The average Bonchev–Trinajstić information content (AvgIpc) is 3.19. The highest BCUT2D eigenvalue weighted by atomic mass is 32.2. The van der Waals surface area contributed by atoms with Gasteiger partial charge >= 0.3 is 0 Å². The third-order valence-electron chi connectivity index (χ3n) is 5.33. The summed E-state index contributed by atoms with van der Waals surface area (Å²) in [6.07, 6.45) is 3.90. The van der Waals surface area contributed by atoms with Crippen LogP contribution in [0.4, 0.5) is 11.6 Å². The number of nitrogens with zero attached hydrogens (tertiary/aromatic N) is 6. The van der Waals surface area contributed by atoms with Crippen LogP contribution < -0.4 is 20.5 Å². The fraction of sp³-hybridized carbons (Fsp3) is 0.737. The number of rotatable bonds is 8. The molecule has 0 bridgehead atoms. The van der Waals surface area contributed by atoms with Crippen LogP contribution in [0, 0.1) is 0 Å². The minimum Gasteiger partial charge on any atom is -0.490 e. The summed E-state index contributed by atoms with van der Waals surface area (Å²) in [7, 11) is 5.91. The molecular weight excluding hydrogens is 388 g/mol. The van der Waals surface area contributed by atoms with E-state index in [-0.39, 0.29) is 0 Å². The van der Waals surface area contributed by atoms with Crippen LogP contribution in [0.3, 0.4) is 0 Å². The molecule has 0 aliphatic carbocycles. The predicted molar refractivity (Wildman–Crippen MR) is 120 cm³/mol. The van der Waals surface area contributed by atoms with Gasteiger partial charge in [-0.2, -0.15) is 4.98 Å². The number of likely N-dealkylation sites (N-methyl/N-ethyl adjacent to an activating group) is 1. The summed E-state index contributed by atoms with van der Waals surface area (Å²) < 4.78 is 5.75. The van der Waals surface area contributed by atoms with Crippen LogP contribution in [0.5, 0.6) is 5.75 Å². The van der Waals surface area contributed by atoms with Crippen LogP contribution in [0.15, 0.2) is 10.1 Å². The van der Waals surface area contributed by atoms with Crippen LogP contribution >= 0.6 is 11.8 Å². The lowest BCUT2D eigenvalue weighted by molar-refractivity contribution is 0.228. The van der Waals surface area contributed by atoms with Crippen LogP contribution in [0.25, 0.3) is 0 Å². The molecule has 0 radical (unpaired) electrons. The molecule has 2 aliphatic rings. The number of ether oxygens (including phenoxy) is 1. The second-order valence-corrected chi connectivity index (χ2v) is 8.43. The molecule has 0 amide bonds. The molecule has 162 valence electrons. The maximum absolute atomic E-state index is 5.75. The summed E-state index contributed by atoms with van der Waals surface area (Å²) >= 11 is 1.53. The normalized spacial score (nSPS) is 21.8. The Bertz CT molecular complexity index is 706. The molecule has 3 rings (SSSR count). The molecule has 0 saturated carbocycles. The largest absolute Gasteiger partial charge is 0.490 e. The number of thioether (sulfide) groups is 1. The first-order valence-electron chi connectivity index (χ1n) is 10.2. The number of piperazine rings is 1. The minimum absolute atomic E-state index is 0.399. The summed E-state index contributed by atoms with van der Waals surface area (Å²) in [5.74, 6) is 2.98. The maximum atomic E-state index is 5.75. The quantitative estimate of drug-likeness (QED) is 0.474. The van der Waals surface area contributed by atoms with Crippen LogP contribution in [0.2, 0.25) is 0 Å². The highest BCUT2D eigenvalue weighted by Gasteiger charge is 2.25. The second-order valence-electron chi connectivity index (χ2n) is 7.66. The minimum atomic E-state index is 0.399. The molecule has 1 aromatic heterocycles. The first-order valence-corrected chi connectivity index (χ1v) is 11.5. The monoisotopic (exact) mass is 422 g/mol. The summed E-state index contributed by atoms with van der Waals surface area (Å²) in [6.45, 7) is 8.20. The Labute approximate surface area is 178 Å². The molecule has 0 spiro atoms. The number of hydrazine groups is 1. The number of aliphatic imine (C=N–C) groups is 1. The van der Waals surface area contributed by atoms with E-state index in [1.54, 1.807) is 7.11 Å². The molecule has 1 unspecified atom stereocenters. The Hall–Kier alpha value is -1.62. The Morgan fingerprint density at radius 1 is 1.24 bits per heavy atom. The third kappa shape index (κ3) is 5.71. The van der Waals surface area contributed by atoms with Gasteiger partial charge in [-0.05, 0) is 26.8 Å². The molecule has 1 aromatic rings. The van der Waals surface area contributed by atoms with Gasteiger partial charge in [0.05, 0.1) is 7.11 Å². The molecule has 9 nitrogen and oxygen atoms in total. The van der Waals surface area contributed by atoms with Gasteiger partial charge in [-0.15, -0.1) is 0 Å². The van der Waals surface area contributed by atoms with Gasteiger partial charge in [0.15, 0.2) is 11.0 Å². The van der Waals surface area contributed by atoms with E-state index in [2.05, 4.69) is 51.6 Å². The van der Waals surface area contributed by atoms with Crippen molar-refractivity contribution in [2.75, 3.05) is 71.6 Å². The zero-order valence-electron chi connectivity index (χ0n) is 18.2. The molecule has 2 aliphatic heterocycles. The molecule has 29 heavy (non-hydrogen) atoms. The van der Waals surface area contributed by atoms with Gasteiger partial charge in [-0.1, -0.05) is 18.7 Å². The molecule has 0 aromatic carbocycles. The first kappa shape index (κ1) is 22.1. The van der Waals surface area contributed by atoms with Gasteiger partial charge < -0.3 is 20.0 Å². The molecule has 2 saturated heterocycles. The summed E-state index contributed by atoms with van der Waals surface area (Å²) in [5, 5.41) is 0.716. The van der Waals surface area contributed by atoms with Crippen molar-refractivity contribution in [2.24, 2.45) is 4.99 Å². The smallest absolute Gasteiger partial charge is 0.206 e. The van der Waals surface area contributed by atoms with Crippen molar-refractivity contribution >= 4 is 29.2 Å². The van der Waals surface area contributed by atoms with Gasteiger partial charge in [0, 0.05) is 51.7 Å². The van der Waals surface area contributed by atoms with Crippen molar-refractivity contribution in [1.29, 1.82) is 0 Å². The number of aromatic nitrogens is 2. The average molecular weight is 423 g/mol. The van der Waals surface area contributed by atoms with E-state index < -0.39 is 0 Å². The Kier molecular flexibility index (Phi) is 7.93. The highest BCUT2D eigenvalue weighted by Crippen LogP contribution is 2.37. The lowest BCUT2D eigenvalue weighted by Crippen LogP contribution is -2.48. The highest BCUT2D eigenvalue weighted by molar-refractivity contribution is 7.98. The Morgan fingerprint density at radius 3 is 2.59 bits per heavy atom. The number of nitrogens with one attached hydrogen (secondary N) is 2. The van der Waals surface area contributed by atoms with E-state index in [1.165, 1.54) is 11.8 Å². The number of methoxy groups -OCH3 is 1. The van der Waals surface area contributed by atoms with Crippen molar-refractivity contribution < 1.29 is 4.74 Å². The van der Waals surface area contributed by atoms with Gasteiger partial charge in [0.1, 0.15) is 5.84 Å². The zero-order valence-corrected chi connectivity index (χ0v) is 19.1. The van der Waals surface area contributed by atoms with Crippen molar-refractivity contribution in [2.45, 2.75) is 31.0 Å². The molecule has 10 heteroatoms. The second kappa shape index (κ2) is 10.4. The summed E-state index contributed by atoms with van der Waals surface area (Å²) in [4.78, 5) is 21.2. The van der Waals surface area contributed by atoms with E-state index in [4.69, 9.17) is 14.7 Å². The third-order valence-corrected chi connectivity index (χ3v) is 5.87. The van der Waals surface area contributed by atoms with Gasteiger partial charge in [-0.25, -0.2) is 15.4 Å². The fourth-order valence-electron chi connectivity index (χ4n) is 3.47. The molecule has 3 heterocycles. The SMILES string of the molecule is CCC1C/C(=N\c2nc(SC)nc(N3CCN(CCN(C)C)CC3)c2OC)NN1. The standard InChI is InChI=1S/C19H34N8OS/c1-6-14-13-15(24-23-14)20-17-16(28-4)18(22-19(21-17)29-5)27-11-9-26(10-12-27)8-7-25(2)3/h14,23H,6-13H2,1-5H3,(H,20,21,22,24). The van der Waals surface area contributed by atoms with E-state index in [1.807, 2.05) is 6.26 Å². The van der Waals surface area contributed by atoms with Crippen molar-refractivity contribution in [3.8, 4) is 5.75 Å². The number of hydrogen-bond donors (Lipinski definition) is 2. The Balaban J connectivity index is 1.79. The zero-order chi connectivity index (χ0) is 20.8. The first-order chi connectivity index (χ1) is 14.0. The topological polar surface area (TPSA) is 81.2 Å². The van der Waals surface area contributed by atoms with E-state index in [9.17, 15) is 0 Å². The lowest BCUT2D eigenvalue weighted by atomic mass is 10.2. The Morgan fingerprint density at radius 2 is 2.00 bits per heavy atom. The van der Waals surface area contributed by atoms with Crippen LogP contribution in [-0.2, 0) is 0 Å². The maximum Gasteiger partial charge on any atom is 0.206 e. The lowest BCUT2D eigenvalue weighted by Gasteiger charge is -2.36. The van der Waals surface area contributed by atoms with Crippen LogP contribution in [-0.4, -0.2) is 98.4 Å². The van der Waals surface area contributed by atoms with Gasteiger partial charge in [-0.3, -0.25) is 4.90 Å². The molecule has 2 N–H and O–H groups in total.